The summed E-state index contributed by atoms with van der Waals surface area (Å²) in [6.45, 7) is -1.53. The van der Waals surface area contributed by atoms with Crippen molar-refractivity contribution in [1.82, 2.24) is 4.98 Å². The molecule has 0 atom stereocenters. The van der Waals surface area contributed by atoms with Crippen LogP contribution in [0.1, 0.15) is 4.88 Å². The summed E-state index contributed by atoms with van der Waals surface area (Å²) in [5, 5.41) is 0.388. The first-order chi connectivity index (χ1) is 7.45. The van der Waals surface area contributed by atoms with Crippen molar-refractivity contribution in [1.29, 1.82) is 0 Å². The molecule has 0 fully saturated rings. The zero-order valence-corrected chi connectivity index (χ0v) is 8.74. The Balaban J connectivity index is 2.35. The van der Waals surface area contributed by atoms with Crippen molar-refractivity contribution in [3.05, 3.63) is 11.1 Å². The minimum Gasteiger partial charge on any atom is -0.369 e. The Bertz CT molecular complexity index is 333. The number of thiazole rings is 1. The smallest absolute Gasteiger partial charge is 0.330 e. The van der Waals surface area contributed by atoms with Gasteiger partial charge in [0.25, 0.3) is 0 Å². The van der Waals surface area contributed by atoms with E-state index in [2.05, 4.69) is 15.1 Å². The average molecular weight is 259 g/mol. The maximum atomic E-state index is 12.4. The molecule has 1 aromatic rings. The van der Waals surface area contributed by atoms with Gasteiger partial charge in [0.2, 0.25) is 0 Å². The van der Waals surface area contributed by atoms with Crippen molar-refractivity contribution in [2.45, 2.75) is 19.0 Å². The number of aromatic nitrogens is 1. The molecule has 1 rings (SSSR count). The number of nitrogens with zero attached hydrogens (tertiary/aromatic N) is 1. The number of hydrogen-bond donors (Lipinski definition) is 2. The molecule has 0 unspecified atom stereocenters. The van der Waals surface area contributed by atoms with E-state index in [-0.39, 0.29) is 6.61 Å². The van der Waals surface area contributed by atoms with Gasteiger partial charge in [0.05, 0.1) is 11.5 Å². The number of anilines is 1. The normalized spacial score (nSPS) is 12.1. The van der Waals surface area contributed by atoms with Crippen molar-refractivity contribution in [3.63, 3.8) is 0 Å². The Labute approximate surface area is 92.4 Å². The Hall–Kier alpha value is -0.930. The van der Waals surface area contributed by atoms with Gasteiger partial charge in [-0.1, -0.05) is 11.3 Å². The van der Waals surface area contributed by atoms with Crippen LogP contribution in [0.5, 0.6) is 0 Å². The SMILES string of the molecule is NNc1ncc(COCC(F)(F)C(F)F)s1. The fourth-order valence-electron chi connectivity index (χ4n) is 0.792. The van der Waals surface area contributed by atoms with Gasteiger partial charge in [-0.25, -0.2) is 19.6 Å². The van der Waals surface area contributed by atoms with Crippen LogP contribution in [0, 0.1) is 0 Å². The molecule has 0 aromatic carbocycles. The lowest BCUT2D eigenvalue weighted by atomic mass is 10.4. The number of hydrazine groups is 1. The highest BCUT2D eigenvalue weighted by atomic mass is 32.1. The molecular weight excluding hydrogens is 250 g/mol. The van der Waals surface area contributed by atoms with E-state index in [9.17, 15) is 17.6 Å². The van der Waals surface area contributed by atoms with Crippen LogP contribution in [0.3, 0.4) is 0 Å². The maximum absolute atomic E-state index is 12.4. The quantitative estimate of drug-likeness (QED) is 0.465. The lowest BCUT2D eigenvalue weighted by Gasteiger charge is -2.14. The van der Waals surface area contributed by atoms with Crippen LogP contribution >= 0.6 is 11.3 Å². The Morgan fingerprint density at radius 3 is 2.75 bits per heavy atom. The van der Waals surface area contributed by atoms with Gasteiger partial charge in [0.1, 0.15) is 6.61 Å². The van der Waals surface area contributed by atoms with Gasteiger partial charge < -0.3 is 4.74 Å². The molecule has 92 valence electrons. The summed E-state index contributed by atoms with van der Waals surface area (Å²) in [6, 6.07) is 0. The second-order valence-corrected chi connectivity index (χ2v) is 3.95. The van der Waals surface area contributed by atoms with E-state index in [4.69, 9.17) is 5.84 Å². The van der Waals surface area contributed by atoms with Crippen LogP contribution in [-0.4, -0.2) is 23.9 Å². The van der Waals surface area contributed by atoms with E-state index in [1.807, 2.05) is 0 Å². The predicted octanol–water partition coefficient (Wildman–Crippen LogP) is 1.85. The number of halogens is 4. The molecule has 1 heterocycles. The lowest BCUT2D eigenvalue weighted by molar-refractivity contribution is -0.168. The maximum Gasteiger partial charge on any atom is 0.330 e. The lowest BCUT2D eigenvalue weighted by Crippen LogP contribution is -2.32. The monoisotopic (exact) mass is 259 g/mol. The largest absolute Gasteiger partial charge is 0.369 e. The molecule has 0 saturated heterocycles. The molecule has 4 nitrogen and oxygen atoms in total. The highest BCUT2D eigenvalue weighted by Crippen LogP contribution is 2.24. The summed E-state index contributed by atoms with van der Waals surface area (Å²) < 4.78 is 52.7. The van der Waals surface area contributed by atoms with Crippen LogP contribution in [0.25, 0.3) is 0 Å². The zero-order valence-electron chi connectivity index (χ0n) is 7.92. The van der Waals surface area contributed by atoms with Gasteiger partial charge in [-0.2, -0.15) is 8.78 Å². The molecule has 0 bridgehead atoms. The van der Waals surface area contributed by atoms with E-state index in [1.165, 1.54) is 6.20 Å². The molecule has 0 aliphatic heterocycles. The molecule has 0 aliphatic carbocycles. The van der Waals surface area contributed by atoms with Crippen molar-refractivity contribution < 1.29 is 22.3 Å². The third-order valence-electron chi connectivity index (χ3n) is 1.54. The highest BCUT2D eigenvalue weighted by Gasteiger charge is 2.40. The zero-order chi connectivity index (χ0) is 12.2. The van der Waals surface area contributed by atoms with Gasteiger partial charge in [-0.05, 0) is 0 Å². The minimum absolute atomic E-state index is 0.207. The third-order valence-corrected chi connectivity index (χ3v) is 2.44. The Kier molecular flexibility index (Phi) is 4.44. The summed E-state index contributed by atoms with van der Waals surface area (Å²) in [4.78, 5) is 4.26. The van der Waals surface area contributed by atoms with Gasteiger partial charge >= 0.3 is 12.3 Å². The fourth-order valence-corrected chi connectivity index (χ4v) is 1.45. The Morgan fingerprint density at radius 2 is 2.25 bits per heavy atom. The molecule has 0 saturated carbocycles. The van der Waals surface area contributed by atoms with Gasteiger partial charge in [0, 0.05) is 6.20 Å². The molecule has 0 amide bonds. The summed E-state index contributed by atoms with van der Waals surface area (Å²) in [6.07, 6.45) is -2.37. The van der Waals surface area contributed by atoms with Gasteiger partial charge in [-0.15, -0.1) is 0 Å². The predicted molar refractivity (Wildman–Crippen MR) is 50.5 cm³/mol. The molecular formula is C7H9F4N3OS. The number of hydrogen-bond acceptors (Lipinski definition) is 5. The van der Waals surface area contributed by atoms with Crippen LogP contribution in [0.4, 0.5) is 22.7 Å². The Morgan fingerprint density at radius 1 is 1.56 bits per heavy atom. The second-order valence-electron chi connectivity index (χ2n) is 2.83. The number of nitrogens with two attached hydrogens (primary N) is 1. The number of nitrogen functional groups attached to an aromatic ring is 1. The first-order valence-corrected chi connectivity index (χ1v) is 4.92. The topological polar surface area (TPSA) is 60.2 Å². The van der Waals surface area contributed by atoms with Crippen molar-refractivity contribution in [2.75, 3.05) is 12.0 Å². The van der Waals surface area contributed by atoms with Crippen LogP contribution in [0.2, 0.25) is 0 Å². The molecule has 16 heavy (non-hydrogen) atoms. The molecule has 0 aliphatic rings. The second kappa shape index (κ2) is 5.41. The molecule has 3 N–H and O–H groups in total. The minimum atomic E-state index is -4.13. The molecule has 0 spiro atoms. The standard InChI is InChI=1S/C7H9F4N3OS/c8-5(9)7(10,11)3-15-2-4-1-13-6(14-12)16-4/h1,5H,2-3,12H2,(H,13,14). The van der Waals surface area contributed by atoms with Gasteiger partial charge in [-0.3, -0.25) is 5.43 Å². The van der Waals surface area contributed by atoms with Crippen LogP contribution < -0.4 is 11.3 Å². The van der Waals surface area contributed by atoms with E-state index in [0.717, 1.165) is 11.3 Å². The summed E-state index contributed by atoms with van der Waals surface area (Å²) in [7, 11) is 0. The van der Waals surface area contributed by atoms with Gasteiger partial charge in [0.15, 0.2) is 5.13 Å². The summed E-state index contributed by atoms with van der Waals surface area (Å²) in [5.74, 6) is 0.913. The van der Waals surface area contributed by atoms with E-state index in [1.54, 1.807) is 0 Å². The first kappa shape index (κ1) is 13.1. The molecule has 0 radical (unpaired) electrons. The summed E-state index contributed by atoms with van der Waals surface area (Å²) >= 11 is 1.09. The average Bonchev–Trinajstić information content (AvgIpc) is 2.65. The molecule has 9 heteroatoms. The third kappa shape index (κ3) is 3.58. The van der Waals surface area contributed by atoms with E-state index < -0.39 is 19.0 Å². The highest BCUT2D eigenvalue weighted by molar-refractivity contribution is 7.15. The fraction of sp³-hybridized carbons (Fsp3) is 0.571. The number of alkyl halides is 4. The first-order valence-electron chi connectivity index (χ1n) is 4.10. The number of nitrogens with one attached hydrogen (secondary N) is 1. The number of rotatable bonds is 6. The van der Waals surface area contributed by atoms with Crippen LogP contribution in [0.15, 0.2) is 6.20 Å². The van der Waals surface area contributed by atoms with E-state index >= 15 is 0 Å². The van der Waals surface area contributed by atoms with Crippen LogP contribution in [-0.2, 0) is 11.3 Å². The van der Waals surface area contributed by atoms with Crippen molar-refractivity contribution in [3.8, 4) is 0 Å². The molecule has 1 aromatic heterocycles. The van der Waals surface area contributed by atoms with E-state index in [0.29, 0.717) is 10.0 Å². The van der Waals surface area contributed by atoms with Crippen molar-refractivity contribution in [2.24, 2.45) is 5.84 Å². The van der Waals surface area contributed by atoms with Crippen molar-refractivity contribution >= 4 is 16.5 Å². The number of ether oxygens (including phenoxy) is 1. The summed E-state index contributed by atoms with van der Waals surface area (Å²) in [5.41, 5.74) is 2.26.